The van der Waals surface area contributed by atoms with Crippen molar-refractivity contribution in [1.29, 1.82) is 0 Å². The van der Waals surface area contributed by atoms with Crippen molar-refractivity contribution in [2.45, 2.75) is 16.6 Å². The molecule has 0 N–H and O–H groups in total. The number of fused-ring (bicyclic) bond motifs is 1. The Hall–Kier alpha value is -1.16. The number of esters is 1. The molecule has 0 fully saturated rings. The largest absolute Gasteiger partial charge is 0.469 e. The molecule has 0 bridgehead atoms. The number of thioether (sulfide) groups is 1. The molecule has 1 aliphatic heterocycles. The van der Waals surface area contributed by atoms with Crippen molar-refractivity contribution in [3.8, 4) is 0 Å². The minimum Gasteiger partial charge on any atom is -0.469 e. The SMILES string of the molecule is COC(=O)CC1CN(C)c2ccccc2S1. The summed E-state index contributed by atoms with van der Waals surface area (Å²) in [4.78, 5) is 14.7. The number of hydrogen-bond donors (Lipinski definition) is 0. The van der Waals surface area contributed by atoms with Crippen molar-refractivity contribution in [2.75, 3.05) is 25.6 Å². The predicted molar refractivity (Wildman–Crippen MR) is 66.0 cm³/mol. The summed E-state index contributed by atoms with van der Waals surface area (Å²) in [7, 11) is 3.50. The molecule has 1 unspecified atom stereocenters. The Kier molecular flexibility index (Phi) is 3.39. The number of para-hydroxylation sites is 1. The molecule has 1 aliphatic rings. The summed E-state index contributed by atoms with van der Waals surface area (Å²) in [5.41, 5.74) is 1.24. The fourth-order valence-corrected chi connectivity index (χ4v) is 3.25. The number of carbonyl (C=O) groups is 1. The van der Waals surface area contributed by atoms with Gasteiger partial charge in [0.25, 0.3) is 0 Å². The Labute approximate surface area is 99.8 Å². The maximum Gasteiger partial charge on any atom is 0.306 e. The van der Waals surface area contributed by atoms with Crippen molar-refractivity contribution in [1.82, 2.24) is 0 Å². The number of benzene rings is 1. The fraction of sp³-hybridized carbons (Fsp3) is 0.417. The number of methoxy groups -OCH3 is 1. The summed E-state index contributed by atoms with van der Waals surface area (Å²) in [6.45, 7) is 0.886. The second-order valence-corrected chi connectivity index (χ2v) is 5.21. The monoisotopic (exact) mass is 237 g/mol. The average Bonchev–Trinajstić information content (AvgIpc) is 2.29. The van der Waals surface area contributed by atoms with Crippen LogP contribution >= 0.6 is 11.8 Å². The van der Waals surface area contributed by atoms with E-state index in [1.54, 1.807) is 11.8 Å². The molecule has 3 nitrogen and oxygen atoms in total. The lowest BCUT2D eigenvalue weighted by molar-refractivity contribution is -0.140. The molecule has 0 aromatic heterocycles. The number of anilines is 1. The van der Waals surface area contributed by atoms with Crippen LogP contribution in [0.3, 0.4) is 0 Å². The first-order valence-corrected chi connectivity index (χ1v) is 6.12. The van der Waals surface area contributed by atoms with Gasteiger partial charge in [0.2, 0.25) is 0 Å². The molecule has 0 aliphatic carbocycles. The van der Waals surface area contributed by atoms with Gasteiger partial charge in [-0.25, -0.2) is 0 Å². The number of carbonyl (C=O) groups excluding carboxylic acids is 1. The Morgan fingerprint density at radius 1 is 1.56 bits per heavy atom. The van der Waals surface area contributed by atoms with Gasteiger partial charge in [-0.3, -0.25) is 4.79 Å². The van der Waals surface area contributed by atoms with Crippen LogP contribution in [-0.2, 0) is 9.53 Å². The molecular weight excluding hydrogens is 222 g/mol. The van der Waals surface area contributed by atoms with E-state index in [9.17, 15) is 4.79 Å². The topological polar surface area (TPSA) is 29.5 Å². The molecule has 16 heavy (non-hydrogen) atoms. The lowest BCUT2D eigenvalue weighted by atomic mass is 10.2. The van der Waals surface area contributed by atoms with Gasteiger partial charge in [-0.15, -0.1) is 11.8 Å². The molecule has 1 aromatic carbocycles. The predicted octanol–water partition coefficient (Wildman–Crippen LogP) is 2.16. The first-order valence-electron chi connectivity index (χ1n) is 5.24. The van der Waals surface area contributed by atoms with Crippen LogP contribution in [0.2, 0.25) is 0 Å². The van der Waals surface area contributed by atoms with Gasteiger partial charge in [-0.05, 0) is 12.1 Å². The third kappa shape index (κ3) is 2.32. The maximum absolute atomic E-state index is 11.2. The Bertz CT molecular complexity index is 394. The van der Waals surface area contributed by atoms with Gasteiger partial charge in [-0.2, -0.15) is 0 Å². The van der Waals surface area contributed by atoms with E-state index in [1.165, 1.54) is 17.7 Å². The molecule has 2 rings (SSSR count). The van der Waals surface area contributed by atoms with Crippen molar-refractivity contribution < 1.29 is 9.53 Å². The van der Waals surface area contributed by atoms with Crippen LogP contribution in [0.4, 0.5) is 5.69 Å². The minimum absolute atomic E-state index is 0.134. The van der Waals surface area contributed by atoms with E-state index in [2.05, 4.69) is 24.1 Å². The lowest BCUT2D eigenvalue weighted by Crippen LogP contribution is -2.32. The van der Waals surface area contributed by atoms with Gasteiger partial charge in [0.15, 0.2) is 0 Å². The highest BCUT2D eigenvalue weighted by molar-refractivity contribution is 8.00. The van der Waals surface area contributed by atoms with E-state index in [0.717, 1.165) is 6.54 Å². The summed E-state index contributed by atoms with van der Waals surface area (Å²) < 4.78 is 4.71. The van der Waals surface area contributed by atoms with E-state index in [0.29, 0.717) is 6.42 Å². The average molecular weight is 237 g/mol. The van der Waals surface area contributed by atoms with E-state index < -0.39 is 0 Å². The summed E-state index contributed by atoms with van der Waals surface area (Å²) in [5.74, 6) is -0.134. The zero-order valence-electron chi connectivity index (χ0n) is 9.47. The van der Waals surface area contributed by atoms with Crippen LogP contribution in [0.1, 0.15) is 6.42 Å². The minimum atomic E-state index is -0.134. The number of hydrogen-bond acceptors (Lipinski definition) is 4. The Morgan fingerprint density at radius 3 is 3.06 bits per heavy atom. The maximum atomic E-state index is 11.2. The van der Waals surface area contributed by atoms with E-state index in [-0.39, 0.29) is 11.2 Å². The zero-order chi connectivity index (χ0) is 11.5. The summed E-state index contributed by atoms with van der Waals surface area (Å²) in [5, 5.41) is 0.285. The quantitative estimate of drug-likeness (QED) is 0.737. The fourth-order valence-electron chi connectivity index (χ4n) is 1.87. The number of ether oxygens (including phenoxy) is 1. The highest BCUT2D eigenvalue weighted by Crippen LogP contribution is 2.38. The van der Waals surface area contributed by atoms with E-state index in [1.807, 2.05) is 12.1 Å². The molecule has 0 saturated carbocycles. The molecule has 1 atom stereocenters. The van der Waals surface area contributed by atoms with Crippen LogP contribution in [0.25, 0.3) is 0 Å². The molecule has 0 amide bonds. The lowest BCUT2D eigenvalue weighted by Gasteiger charge is -2.32. The third-order valence-corrected chi connectivity index (χ3v) is 3.92. The summed E-state index contributed by atoms with van der Waals surface area (Å²) in [6, 6.07) is 8.27. The Balaban J connectivity index is 2.12. The second-order valence-electron chi connectivity index (χ2n) is 3.87. The highest BCUT2D eigenvalue weighted by Gasteiger charge is 2.24. The van der Waals surface area contributed by atoms with Crippen LogP contribution in [0.5, 0.6) is 0 Å². The van der Waals surface area contributed by atoms with Crippen LogP contribution in [0.15, 0.2) is 29.2 Å². The van der Waals surface area contributed by atoms with Crippen LogP contribution in [0, 0.1) is 0 Å². The standard InChI is InChI=1S/C12H15NO2S/c1-13-8-9(7-12(14)15-2)16-11-6-4-3-5-10(11)13/h3-6,9H,7-8H2,1-2H3. The van der Waals surface area contributed by atoms with Gasteiger partial charge in [0.1, 0.15) is 0 Å². The van der Waals surface area contributed by atoms with Gasteiger partial charge in [0.05, 0.1) is 19.2 Å². The van der Waals surface area contributed by atoms with E-state index in [4.69, 9.17) is 4.74 Å². The smallest absolute Gasteiger partial charge is 0.306 e. The first-order chi connectivity index (χ1) is 7.70. The third-order valence-electron chi connectivity index (χ3n) is 2.67. The normalized spacial score (nSPS) is 19.1. The molecule has 1 aromatic rings. The number of nitrogens with zero attached hydrogens (tertiary/aromatic N) is 1. The van der Waals surface area contributed by atoms with Crippen molar-refractivity contribution >= 4 is 23.4 Å². The summed E-state index contributed by atoms with van der Waals surface area (Å²) in [6.07, 6.45) is 0.472. The van der Waals surface area contributed by atoms with Gasteiger partial charge < -0.3 is 9.64 Å². The molecule has 1 heterocycles. The number of rotatable bonds is 2. The second kappa shape index (κ2) is 4.78. The Morgan fingerprint density at radius 2 is 2.31 bits per heavy atom. The van der Waals surface area contributed by atoms with Crippen molar-refractivity contribution in [3.05, 3.63) is 24.3 Å². The molecule has 0 saturated heterocycles. The molecule has 86 valence electrons. The van der Waals surface area contributed by atoms with Crippen LogP contribution < -0.4 is 4.90 Å². The van der Waals surface area contributed by atoms with Crippen molar-refractivity contribution in [3.63, 3.8) is 0 Å². The van der Waals surface area contributed by atoms with E-state index >= 15 is 0 Å². The highest BCUT2D eigenvalue weighted by atomic mass is 32.2. The molecular formula is C12H15NO2S. The molecule has 0 spiro atoms. The summed E-state index contributed by atoms with van der Waals surface area (Å²) >= 11 is 1.76. The van der Waals surface area contributed by atoms with Crippen LogP contribution in [-0.4, -0.2) is 31.9 Å². The molecule has 0 radical (unpaired) electrons. The van der Waals surface area contributed by atoms with Gasteiger partial charge in [0, 0.05) is 23.7 Å². The van der Waals surface area contributed by atoms with Gasteiger partial charge in [-0.1, -0.05) is 12.1 Å². The van der Waals surface area contributed by atoms with Gasteiger partial charge >= 0.3 is 5.97 Å². The van der Waals surface area contributed by atoms with Crippen molar-refractivity contribution in [2.24, 2.45) is 0 Å². The first kappa shape index (κ1) is 11.3. The molecule has 4 heteroatoms. The zero-order valence-corrected chi connectivity index (χ0v) is 10.3.